The fourth-order valence-electron chi connectivity index (χ4n) is 2.26. The molecule has 0 radical (unpaired) electrons. The van der Waals surface area contributed by atoms with Crippen LogP contribution in [0.3, 0.4) is 0 Å². The van der Waals surface area contributed by atoms with Crippen LogP contribution in [0.4, 0.5) is 0 Å². The average molecular weight is 298 g/mol. The van der Waals surface area contributed by atoms with Gasteiger partial charge in [0.15, 0.2) is 0 Å². The van der Waals surface area contributed by atoms with Crippen LogP contribution in [0.1, 0.15) is 34.6 Å². The molecule has 122 valence electrons. The lowest BCUT2D eigenvalue weighted by Crippen LogP contribution is -2.62. The predicted molar refractivity (Wildman–Crippen MR) is 84.0 cm³/mol. The van der Waals surface area contributed by atoms with E-state index < -0.39 is 11.6 Å². The number of rotatable bonds is 6. The SMILES string of the molecule is CC(C)CNC(=O)C(C)NC(=O)C(C)(C)N1CCNCC1. The third-order valence-corrected chi connectivity index (χ3v) is 3.89. The number of hydrogen-bond acceptors (Lipinski definition) is 4. The Labute approximate surface area is 128 Å². The molecule has 0 aromatic heterocycles. The van der Waals surface area contributed by atoms with E-state index in [0.29, 0.717) is 12.5 Å². The van der Waals surface area contributed by atoms with E-state index >= 15 is 0 Å². The summed E-state index contributed by atoms with van der Waals surface area (Å²) in [6.07, 6.45) is 0. The van der Waals surface area contributed by atoms with Crippen molar-refractivity contribution in [3.05, 3.63) is 0 Å². The molecule has 1 fully saturated rings. The minimum absolute atomic E-state index is 0.100. The number of nitrogens with one attached hydrogen (secondary N) is 3. The predicted octanol–water partition coefficient (Wildman–Crippen LogP) is -0.0529. The Bertz CT molecular complexity index is 363. The number of amides is 2. The molecule has 2 amide bonds. The Morgan fingerprint density at radius 3 is 2.29 bits per heavy atom. The molecule has 1 saturated heterocycles. The standard InChI is InChI=1S/C15H30N4O2/c1-11(2)10-17-13(20)12(3)18-14(21)15(4,5)19-8-6-16-7-9-19/h11-12,16H,6-10H2,1-5H3,(H,17,20)(H,18,21). The topological polar surface area (TPSA) is 73.5 Å². The number of carbonyl (C=O) groups excluding carboxylic acids is 2. The van der Waals surface area contributed by atoms with Gasteiger partial charge in [0.2, 0.25) is 11.8 Å². The maximum Gasteiger partial charge on any atom is 0.242 e. The molecule has 0 spiro atoms. The molecule has 1 aliphatic rings. The van der Waals surface area contributed by atoms with Crippen molar-refractivity contribution in [2.24, 2.45) is 5.92 Å². The summed E-state index contributed by atoms with van der Waals surface area (Å²) in [4.78, 5) is 26.6. The van der Waals surface area contributed by atoms with E-state index in [4.69, 9.17) is 0 Å². The molecule has 1 aliphatic heterocycles. The Balaban J connectivity index is 2.51. The molecule has 21 heavy (non-hydrogen) atoms. The van der Waals surface area contributed by atoms with E-state index in [2.05, 4.69) is 20.9 Å². The van der Waals surface area contributed by atoms with Crippen LogP contribution in [0.25, 0.3) is 0 Å². The molecule has 1 unspecified atom stereocenters. The molecule has 3 N–H and O–H groups in total. The summed E-state index contributed by atoms with van der Waals surface area (Å²) in [7, 11) is 0. The Morgan fingerprint density at radius 1 is 1.19 bits per heavy atom. The summed E-state index contributed by atoms with van der Waals surface area (Å²) in [6.45, 7) is 13.7. The summed E-state index contributed by atoms with van der Waals surface area (Å²) in [5.74, 6) is 0.166. The molecule has 0 aromatic rings. The molecule has 0 saturated carbocycles. The van der Waals surface area contributed by atoms with Gasteiger partial charge in [-0.05, 0) is 26.7 Å². The van der Waals surface area contributed by atoms with E-state index in [0.717, 1.165) is 26.2 Å². The lowest BCUT2D eigenvalue weighted by Gasteiger charge is -2.40. The highest BCUT2D eigenvalue weighted by Gasteiger charge is 2.36. The smallest absolute Gasteiger partial charge is 0.242 e. The molecular weight excluding hydrogens is 268 g/mol. The van der Waals surface area contributed by atoms with Gasteiger partial charge in [0.25, 0.3) is 0 Å². The van der Waals surface area contributed by atoms with E-state index in [-0.39, 0.29) is 11.8 Å². The van der Waals surface area contributed by atoms with Crippen molar-refractivity contribution in [1.82, 2.24) is 20.9 Å². The van der Waals surface area contributed by atoms with Crippen molar-refractivity contribution < 1.29 is 9.59 Å². The Hall–Kier alpha value is -1.14. The van der Waals surface area contributed by atoms with Crippen LogP contribution in [0.2, 0.25) is 0 Å². The molecule has 0 bridgehead atoms. The minimum Gasteiger partial charge on any atom is -0.354 e. The van der Waals surface area contributed by atoms with Crippen molar-refractivity contribution in [1.29, 1.82) is 0 Å². The second-order valence-corrected chi connectivity index (χ2v) is 6.63. The van der Waals surface area contributed by atoms with Crippen molar-refractivity contribution >= 4 is 11.8 Å². The van der Waals surface area contributed by atoms with E-state index in [1.807, 2.05) is 27.7 Å². The van der Waals surface area contributed by atoms with Crippen LogP contribution in [-0.2, 0) is 9.59 Å². The van der Waals surface area contributed by atoms with Crippen molar-refractivity contribution in [3.8, 4) is 0 Å². The van der Waals surface area contributed by atoms with Crippen molar-refractivity contribution in [3.63, 3.8) is 0 Å². The maximum atomic E-state index is 12.5. The van der Waals surface area contributed by atoms with Crippen LogP contribution in [0.15, 0.2) is 0 Å². The number of nitrogens with zero attached hydrogens (tertiary/aromatic N) is 1. The first kappa shape index (κ1) is 17.9. The number of hydrogen-bond donors (Lipinski definition) is 3. The highest BCUT2D eigenvalue weighted by Crippen LogP contribution is 2.15. The van der Waals surface area contributed by atoms with Gasteiger partial charge in [-0.15, -0.1) is 0 Å². The molecule has 6 nitrogen and oxygen atoms in total. The summed E-state index contributed by atoms with van der Waals surface area (Å²) in [5.41, 5.74) is -0.602. The van der Waals surface area contributed by atoms with Gasteiger partial charge in [0.05, 0.1) is 5.54 Å². The van der Waals surface area contributed by atoms with Gasteiger partial charge in [0.1, 0.15) is 6.04 Å². The normalized spacial score (nSPS) is 18.4. The zero-order valence-electron chi connectivity index (χ0n) is 14.0. The van der Waals surface area contributed by atoms with Gasteiger partial charge in [-0.3, -0.25) is 14.5 Å². The van der Waals surface area contributed by atoms with Gasteiger partial charge in [0, 0.05) is 32.7 Å². The Kier molecular flexibility index (Phi) is 6.61. The van der Waals surface area contributed by atoms with Crippen LogP contribution in [0, 0.1) is 5.92 Å². The van der Waals surface area contributed by atoms with Crippen LogP contribution in [0.5, 0.6) is 0 Å². The number of piperazine rings is 1. The highest BCUT2D eigenvalue weighted by atomic mass is 16.2. The second kappa shape index (κ2) is 7.75. The average Bonchev–Trinajstić information content (AvgIpc) is 2.45. The molecule has 0 aromatic carbocycles. The molecule has 0 aliphatic carbocycles. The number of carbonyl (C=O) groups is 2. The van der Waals surface area contributed by atoms with Crippen molar-refractivity contribution in [2.75, 3.05) is 32.7 Å². The van der Waals surface area contributed by atoms with Gasteiger partial charge < -0.3 is 16.0 Å². The molecule has 6 heteroatoms. The first-order valence-corrected chi connectivity index (χ1v) is 7.79. The third-order valence-electron chi connectivity index (χ3n) is 3.89. The van der Waals surface area contributed by atoms with E-state index in [1.54, 1.807) is 6.92 Å². The molecule has 1 atom stereocenters. The lowest BCUT2D eigenvalue weighted by atomic mass is 10.00. The van der Waals surface area contributed by atoms with E-state index in [1.165, 1.54) is 0 Å². The second-order valence-electron chi connectivity index (χ2n) is 6.63. The first-order valence-electron chi connectivity index (χ1n) is 7.79. The van der Waals surface area contributed by atoms with Crippen molar-refractivity contribution in [2.45, 2.75) is 46.2 Å². The fourth-order valence-corrected chi connectivity index (χ4v) is 2.26. The van der Waals surface area contributed by atoms with E-state index in [9.17, 15) is 9.59 Å². The molecule has 1 rings (SSSR count). The maximum absolute atomic E-state index is 12.5. The monoisotopic (exact) mass is 298 g/mol. The summed E-state index contributed by atoms with van der Waals surface area (Å²) in [6, 6.07) is -0.515. The van der Waals surface area contributed by atoms with Gasteiger partial charge >= 0.3 is 0 Å². The van der Waals surface area contributed by atoms with Crippen LogP contribution < -0.4 is 16.0 Å². The minimum atomic E-state index is -0.602. The summed E-state index contributed by atoms with van der Waals surface area (Å²) in [5, 5.41) is 8.94. The Morgan fingerprint density at radius 2 is 1.76 bits per heavy atom. The van der Waals surface area contributed by atoms with Gasteiger partial charge in [-0.2, -0.15) is 0 Å². The summed E-state index contributed by atoms with van der Waals surface area (Å²) >= 11 is 0. The quantitative estimate of drug-likeness (QED) is 0.643. The summed E-state index contributed by atoms with van der Waals surface area (Å²) < 4.78 is 0. The van der Waals surface area contributed by atoms with Gasteiger partial charge in [-0.1, -0.05) is 13.8 Å². The molecule has 1 heterocycles. The zero-order valence-corrected chi connectivity index (χ0v) is 14.0. The van der Waals surface area contributed by atoms with Crippen LogP contribution >= 0.6 is 0 Å². The lowest BCUT2D eigenvalue weighted by molar-refractivity contribution is -0.135. The first-order chi connectivity index (χ1) is 9.75. The zero-order chi connectivity index (χ0) is 16.0. The van der Waals surface area contributed by atoms with Gasteiger partial charge in [-0.25, -0.2) is 0 Å². The largest absolute Gasteiger partial charge is 0.354 e. The molecular formula is C15H30N4O2. The fraction of sp³-hybridized carbons (Fsp3) is 0.867. The highest BCUT2D eigenvalue weighted by molar-refractivity contribution is 5.91. The van der Waals surface area contributed by atoms with Crippen LogP contribution in [-0.4, -0.2) is 61.0 Å². The third kappa shape index (κ3) is 5.28.